The third-order valence-corrected chi connectivity index (χ3v) is 4.97. The highest BCUT2D eigenvalue weighted by Gasteiger charge is 2.14. The van der Waals surface area contributed by atoms with Gasteiger partial charge < -0.3 is 13.9 Å². The van der Waals surface area contributed by atoms with E-state index in [9.17, 15) is 4.79 Å². The molecule has 0 aliphatic heterocycles. The zero-order chi connectivity index (χ0) is 18.6. The Hall–Kier alpha value is -3.19. The van der Waals surface area contributed by atoms with E-state index in [0.29, 0.717) is 10.6 Å². The third kappa shape index (κ3) is 3.83. The summed E-state index contributed by atoms with van der Waals surface area (Å²) in [6.45, 7) is 0.394. The molecule has 0 saturated carbocycles. The molecule has 7 heteroatoms. The van der Waals surface area contributed by atoms with Gasteiger partial charge in [-0.3, -0.25) is 4.79 Å². The summed E-state index contributed by atoms with van der Waals surface area (Å²) >= 11 is 1.43. The fourth-order valence-corrected chi connectivity index (χ4v) is 3.54. The van der Waals surface area contributed by atoms with E-state index in [1.54, 1.807) is 0 Å². The van der Waals surface area contributed by atoms with E-state index < -0.39 is 0 Å². The van der Waals surface area contributed by atoms with Crippen LogP contribution < -0.4 is 9.54 Å². The molecule has 2 heterocycles. The van der Waals surface area contributed by atoms with Gasteiger partial charge >= 0.3 is 0 Å². The van der Waals surface area contributed by atoms with Crippen molar-refractivity contribution in [2.45, 2.75) is 13.2 Å². The van der Waals surface area contributed by atoms with E-state index in [2.05, 4.69) is 9.98 Å². The fraction of sp³-hybridized carbons (Fsp3) is 0.150. The van der Waals surface area contributed by atoms with Gasteiger partial charge in [0.25, 0.3) is 5.91 Å². The maximum Gasteiger partial charge on any atom is 0.268 e. The summed E-state index contributed by atoms with van der Waals surface area (Å²) < 4.78 is 9.54. The molecule has 0 aliphatic carbocycles. The zero-order valence-corrected chi connectivity index (χ0v) is 15.6. The Kier molecular flexibility index (Phi) is 4.84. The van der Waals surface area contributed by atoms with E-state index >= 15 is 0 Å². The van der Waals surface area contributed by atoms with Crippen LogP contribution in [0.5, 0.6) is 5.75 Å². The lowest BCUT2D eigenvalue weighted by atomic mass is 10.3. The predicted octanol–water partition coefficient (Wildman–Crippen LogP) is 3.14. The van der Waals surface area contributed by atoms with Crippen molar-refractivity contribution >= 4 is 28.3 Å². The average molecular weight is 378 g/mol. The number of imidazole rings is 1. The number of hydrogen-bond acceptors (Lipinski definition) is 4. The summed E-state index contributed by atoms with van der Waals surface area (Å²) in [7, 11) is 1.87. The number of nitrogens with zero attached hydrogens (tertiary/aromatic N) is 4. The van der Waals surface area contributed by atoms with Crippen LogP contribution in [-0.2, 0) is 25.0 Å². The Morgan fingerprint density at radius 2 is 1.93 bits per heavy atom. The van der Waals surface area contributed by atoms with Gasteiger partial charge in [0.05, 0.1) is 11.0 Å². The molecular weight excluding hydrogens is 360 g/mol. The van der Waals surface area contributed by atoms with Gasteiger partial charge in [-0.15, -0.1) is 11.3 Å². The highest BCUT2D eigenvalue weighted by molar-refractivity contribution is 7.07. The second-order valence-corrected chi connectivity index (χ2v) is 6.88. The number of carbonyl (C=O) groups excluding carboxylic acids is 1. The number of para-hydroxylation sites is 3. The molecule has 0 aliphatic rings. The Balaban J connectivity index is 1.64. The number of ether oxygens (including phenoxy) is 1. The van der Waals surface area contributed by atoms with Crippen molar-refractivity contribution in [3.8, 4) is 5.75 Å². The van der Waals surface area contributed by atoms with E-state index in [0.717, 1.165) is 16.8 Å². The molecule has 0 bridgehead atoms. The Bertz CT molecular complexity index is 1140. The summed E-state index contributed by atoms with van der Waals surface area (Å²) in [5.41, 5.74) is 1.72. The van der Waals surface area contributed by atoms with Crippen molar-refractivity contribution in [3.05, 3.63) is 76.8 Å². The summed E-state index contributed by atoms with van der Waals surface area (Å²) in [6.07, 6.45) is 1.88. The Morgan fingerprint density at radius 1 is 1.15 bits per heavy atom. The molecule has 1 amide bonds. The van der Waals surface area contributed by atoms with Gasteiger partial charge in [0.1, 0.15) is 24.7 Å². The highest BCUT2D eigenvalue weighted by atomic mass is 32.1. The molecule has 2 aromatic carbocycles. The Labute approximate surface area is 160 Å². The largest absolute Gasteiger partial charge is 0.486 e. The van der Waals surface area contributed by atoms with Crippen LogP contribution in [0.1, 0.15) is 5.82 Å². The maximum absolute atomic E-state index is 12.5. The number of thiazole rings is 1. The third-order valence-electron chi connectivity index (χ3n) is 4.12. The number of amides is 1. The molecular formula is C20H18N4O2S. The van der Waals surface area contributed by atoms with Gasteiger partial charge in [-0.2, -0.15) is 4.99 Å². The minimum Gasteiger partial charge on any atom is -0.486 e. The van der Waals surface area contributed by atoms with Crippen LogP contribution in [0.3, 0.4) is 0 Å². The van der Waals surface area contributed by atoms with E-state index in [-0.39, 0.29) is 19.1 Å². The lowest BCUT2D eigenvalue weighted by molar-refractivity contribution is -0.118. The molecule has 0 fully saturated rings. The maximum atomic E-state index is 12.5. The molecule has 0 unspecified atom stereocenters. The van der Waals surface area contributed by atoms with Crippen LogP contribution in [0.4, 0.5) is 0 Å². The van der Waals surface area contributed by atoms with Crippen molar-refractivity contribution in [1.29, 1.82) is 0 Å². The van der Waals surface area contributed by atoms with Gasteiger partial charge in [-0.05, 0) is 24.3 Å². The number of rotatable bonds is 5. The molecule has 2 aromatic heterocycles. The minimum atomic E-state index is -0.225. The van der Waals surface area contributed by atoms with E-state index in [1.807, 2.05) is 82.4 Å². The number of hydrogen-bond donors (Lipinski definition) is 0. The predicted molar refractivity (Wildman–Crippen MR) is 104 cm³/mol. The number of aromatic nitrogens is 3. The second kappa shape index (κ2) is 7.59. The molecule has 6 nitrogen and oxygen atoms in total. The fourth-order valence-electron chi connectivity index (χ4n) is 2.79. The van der Waals surface area contributed by atoms with Gasteiger partial charge in [0.15, 0.2) is 4.80 Å². The molecule has 0 N–H and O–H groups in total. The monoisotopic (exact) mass is 378 g/mol. The highest BCUT2D eigenvalue weighted by Crippen LogP contribution is 2.18. The molecule has 4 rings (SSSR count). The zero-order valence-electron chi connectivity index (χ0n) is 14.8. The van der Waals surface area contributed by atoms with Gasteiger partial charge in [0, 0.05) is 18.6 Å². The van der Waals surface area contributed by atoms with Crippen LogP contribution in [0.25, 0.3) is 11.0 Å². The standard InChI is InChI=1S/C20H18N4O2S/c1-23-11-12-27-20(23)22-19(25)13-24-17-10-6-5-9-16(17)21-18(24)14-26-15-7-3-2-4-8-15/h2-12H,13-14H2,1H3. The van der Waals surface area contributed by atoms with Gasteiger partial charge in [-0.25, -0.2) is 4.98 Å². The molecule has 0 saturated heterocycles. The van der Waals surface area contributed by atoms with Crippen LogP contribution in [0.15, 0.2) is 71.2 Å². The van der Waals surface area contributed by atoms with Crippen molar-refractivity contribution in [3.63, 3.8) is 0 Å². The topological polar surface area (TPSA) is 61.4 Å². The van der Waals surface area contributed by atoms with Gasteiger partial charge in [0.2, 0.25) is 0 Å². The number of benzene rings is 2. The first-order chi connectivity index (χ1) is 13.2. The van der Waals surface area contributed by atoms with Crippen LogP contribution in [0, 0.1) is 0 Å². The first-order valence-electron chi connectivity index (χ1n) is 8.50. The van der Waals surface area contributed by atoms with E-state index in [4.69, 9.17) is 4.74 Å². The molecule has 136 valence electrons. The average Bonchev–Trinajstić information content (AvgIpc) is 3.24. The van der Waals surface area contributed by atoms with Crippen LogP contribution >= 0.6 is 11.3 Å². The molecule has 27 heavy (non-hydrogen) atoms. The summed E-state index contributed by atoms with van der Waals surface area (Å²) in [6, 6.07) is 17.3. The smallest absolute Gasteiger partial charge is 0.268 e. The molecule has 0 radical (unpaired) electrons. The number of aryl methyl sites for hydroxylation is 1. The first kappa shape index (κ1) is 17.2. The lowest BCUT2D eigenvalue weighted by Gasteiger charge is -2.08. The van der Waals surface area contributed by atoms with Gasteiger partial charge in [-0.1, -0.05) is 30.3 Å². The Morgan fingerprint density at radius 3 is 2.70 bits per heavy atom. The summed E-state index contributed by atoms with van der Waals surface area (Å²) in [5, 5.41) is 1.90. The number of fused-ring (bicyclic) bond motifs is 1. The summed E-state index contributed by atoms with van der Waals surface area (Å²) in [5.74, 6) is 1.23. The van der Waals surface area contributed by atoms with Crippen molar-refractivity contribution in [2.75, 3.05) is 0 Å². The normalized spacial score (nSPS) is 11.8. The SMILES string of the molecule is Cn1ccsc1=NC(=O)Cn1c(COc2ccccc2)nc2ccccc21. The first-order valence-corrected chi connectivity index (χ1v) is 9.38. The quantitative estimate of drug-likeness (QED) is 0.536. The lowest BCUT2D eigenvalue weighted by Crippen LogP contribution is -2.17. The van der Waals surface area contributed by atoms with E-state index in [1.165, 1.54) is 11.3 Å². The minimum absolute atomic E-state index is 0.117. The van der Waals surface area contributed by atoms with Crippen molar-refractivity contribution in [1.82, 2.24) is 14.1 Å². The molecule has 0 atom stereocenters. The van der Waals surface area contributed by atoms with Crippen molar-refractivity contribution < 1.29 is 9.53 Å². The molecule has 0 spiro atoms. The van der Waals surface area contributed by atoms with Crippen molar-refractivity contribution in [2.24, 2.45) is 12.0 Å². The number of carbonyl (C=O) groups is 1. The van der Waals surface area contributed by atoms with Crippen LogP contribution in [0.2, 0.25) is 0 Å². The molecule has 4 aromatic rings. The second-order valence-electron chi connectivity index (χ2n) is 6.01. The summed E-state index contributed by atoms with van der Waals surface area (Å²) in [4.78, 5) is 22.1. The van der Waals surface area contributed by atoms with Crippen LogP contribution in [-0.4, -0.2) is 20.0 Å².